The van der Waals surface area contributed by atoms with Gasteiger partial charge in [0.05, 0.1) is 11.6 Å². The Bertz CT molecular complexity index is 661. The van der Waals surface area contributed by atoms with Crippen LogP contribution in [-0.4, -0.2) is 22.8 Å². The molecular weight excluding hydrogens is 375 g/mol. The molecule has 0 fully saturated rings. The lowest BCUT2D eigenvalue weighted by atomic mass is 10.1. The maximum absolute atomic E-state index is 12.5. The fourth-order valence-corrected chi connectivity index (χ4v) is 2.73. The minimum Gasteiger partial charge on any atom is -0.335 e. The largest absolute Gasteiger partial charge is 0.335 e. The second-order valence-electron chi connectivity index (χ2n) is 4.63. The molecule has 21 heavy (non-hydrogen) atoms. The summed E-state index contributed by atoms with van der Waals surface area (Å²) >= 11 is 15.3. The molecule has 1 heterocycles. The van der Waals surface area contributed by atoms with E-state index in [4.69, 9.17) is 23.2 Å². The summed E-state index contributed by atoms with van der Waals surface area (Å²) in [7, 11) is 1.74. The number of aromatic nitrogens is 1. The van der Waals surface area contributed by atoms with E-state index in [2.05, 4.69) is 20.9 Å². The van der Waals surface area contributed by atoms with Gasteiger partial charge in [0, 0.05) is 23.3 Å². The molecule has 0 N–H and O–H groups in total. The van der Waals surface area contributed by atoms with Crippen molar-refractivity contribution in [3.8, 4) is 0 Å². The number of amides is 1. The lowest BCUT2D eigenvalue weighted by Crippen LogP contribution is -2.29. The van der Waals surface area contributed by atoms with Gasteiger partial charge >= 0.3 is 0 Å². The standard InChI is InChI=1S/C15H13BrCl2N2O/c1-9(12-5-4-11(17)7-13(12)18)20(2)15(21)10-3-6-14(16)19-8-10/h3-9H,1-2H3. The molecule has 6 heteroatoms. The summed E-state index contributed by atoms with van der Waals surface area (Å²) in [4.78, 5) is 18.1. The maximum atomic E-state index is 12.5. The van der Waals surface area contributed by atoms with Crippen molar-refractivity contribution in [3.05, 3.63) is 62.3 Å². The van der Waals surface area contributed by atoms with E-state index in [0.29, 0.717) is 20.2 Å². The Hall–Kier alpha value is -1.10. The van der Waals surface area contributed by atoms with Crippen LogP contribution >= 0.6 is 39.1 Å². The van der Waals surface area contributed by atoms with Gasteiger partial charge in [-0.2, -0.15) is 0 Å². The molecule has 0 aliphatic rings. The Morgan fingerprint density at radius 2 is 2.00 bits per heavy atom. The van der Waals surface area contributed by atoms with Crippen LogP contribution in [-0.2, 0) is 0 Å². The molecule has 1 amide bonds. The number of carbonyl (C=O) groups excluding carboxylic acids is 1. The van der Waals surface area contributed by atoms with Gasteiger partial charge in [0.2, 0.25) is 0 Å². The van der Waals surface area contributed by atoms with Gasteiger partial charge in [-0.3, -0.25) is 4.79 Å². The number of halogens is 3. The van der Waals surface area contributed by atoms with E-state index in [1.807, 2.05) is 13.0 Å². The van der Waals surface area contributed by atoms with Crippen LogP contribution in [0.2, 0.25) is 10.0 Å². The van der Waals surface area contributed by atoms with Crippen LogP contribution < -0.4 is 0 Å². The van der Waals surface area contributed by atoms with Crippen molar-refractivity contribution in [1.82, 2.24) is 9.88 Å². The predicted molar refractivity (Wildman–Crippen MR) is 88.9 cm³/mol. The normalized spacial score (nSPS) is 12.0. The number of nitrogens with zero attached hydrogens (tertiary/aromatic N) is 2. The first-order valence-corrected chi connectivity index (χ1v) is 7.78. The van der Waals surface area contributed by atoms with Crippen LogP contribution in [0.1, 0.15) is 28.9 Å². The van der Waals surface area contributed by atoms with Crippen LogP contribution in [0.3, 0.4) is 0 Å². The second kappa shape index (κ2) is 6.77. The third-order valence-electron chi connectivity index (χ3n) is 3.29. The quantitative estimate of drug-likeness (QED) is 0.695. The smallest absolute Gasteiger partial charge is 0.255 e. The molecule has 1 aromatic heterocycles. The summed E-state index contributed by atoms with van der Waals surface area (Å²) in [6, 6.07) is 8.56. The number of hydrogen-bond acceptors (Lipinski definition) is 2. The molecule has 0 saturated heterocycles. The van der Waals surface area contributed by atoms with E-state index in [-0.39, 0.29) is 11.9 Å². The molecule has 110 valence electrons. The average molecular weight is 388 g/mol. The molecule has 1 aromatic carbocycles. The summed E-state index contributed by atoms with van der Waals surface area (Å²) in [5, 5.41) is 1.12. The summed E-state index contributed by atoms with van der Waals surface area (Å²) in [5.41, 5.74) is 1.37. The third kappa shape index (κ3) is 3.76. The van der Waals surface area contributed by atoms with Crippen LogP contribution in [0, 0.1) is 0 Å². The molecule has 0 radical (unpaired) electrons. The SMILES string of the molecule is CC(c1ccc(Cl)cc1Cl)N(C)C(=O)c1ccc(Br)nc1. The number of hydrogen-bond donors (Lipinski definition) is 0. The number of rotatable bonds is 3. The van der Waals surface area contributed by atoms with E-state index in [0.717, 1.165) is 5.56 Å². The van der Waals surface area contributed by atoms with Gasteiger partial charge in [0.15, 0.2) is 0 Å². The highest BCUT2D eigenvalue weighted by molar-refractivity contribution is 9.10. The van der Waals surface area contributed by atoms with Crippen molar-refractivity contribution in [2.75, 3.05) is 7.05 Å². The first-order chi connectivity index (χ1) is 9.90. The molecule has 2 aromatic rings. The molecule has 2 rings (SSSR count). The lowest BCUT2D eigenvalue weighted by molar-refractivity contribution is 0.0742. The van der Waals surface area contributed by atoms with Crippen LogP contribution in [0.4, 0.5) is 0 Å². The molecule has 0 aliphatic heterocycles. The molecule has 1 unspecified atom stereocenters. The van der Waals surface area contributed by atoms with Gasteiger partial charge in [0.25, 0.3) is 5.91 Å². The average Bonchev–Trinajstić information content (AvgIpc) is 2.46. The minimum absolute atomic E-state index is 0.117. The van der Waals surface area contributed by atoms with Crippen molar-refractivity contribution in [2.45, 2.75) is 13.0 Å². The van der Waals surface area contributed by atoms with Crippen LogP contribution in [0.15, 0.2) is 41.1 Å². The number of benzene rings is 1. The summed E-state index contributed by atoms with van der Waals surface area (Å²) in [5.74, 6) is -0.117. The van der Waals surface area contributed by atoms with E-state index in [1.165, 1.54) is 0 Å². The molecule has 0 bridgehead atoms. The van der Waals surface area contributed by atoms with Crippen molar-refractivity contribution in [2.24, 2.45) is 0 Å². The van der Waals surface area contributed by atoms with Gasteiger partial charge < -0.3 is 4.90 Å². The number of carbonyl (C=O) groups is 1. The first kappa shape index (κ1) is 16.3. The summed E-state index contributed by atoms with van der Waals surface area (Å²) in [6.07, 6.45) is 1.54. The molecular formula is C15H13BrCl2N2O. The van der Waals surface area contributed by atoms with Gasteiger partial charge in [-0.1, -0.05) is 29.3 Å². The summed E-state index contributed by atoms with van der Waals surface area (Å²) in [6.45, 7) is 1.92. The Morgan fingerprint density at radius 1 is 1.29 bits per heavy atom. The van der Waals surface area contributed by atoms with E-state index < -0.39 is 0 Å². The van der Waals surface area contributed by atoms with E-state index in [1.54, 1.807) is 42.4 Å². The zero-order chi connectivity index (χ0) is 15.6. The molecule has 3 nitrogen and oxygen atoms in total. The lowest BCUT2D eigenvalue weighted by Gasteiger charge is -2.26. The van der Waals surface area contributed by atoms with Gasteiger partial charge in [-0.05, 0) is 52.7 Å². The monoisotopic (exact) mass is 386 g/mol. The Labute approximate surface area is 142 Å². The minimum atomic E-state index is -0.175. The first-order valence-electron chi connectivity index (χ1n) is 6.24. The molecule has 1 atom stereocenters. The third-order valence-corrected chi connectivity index (χ3v) is 4.32. The Kier molecular flexibility index (Phi) is 5.25. The molecule has 0 spiro atoms. The number of pyridine rings is 1. The van der Waals surface area contributed by atoms with Gasteiger partial charge in [0.1, 0.15) is 4.60 Å². The zero-order valence-electron chi connectivity index (χ0n) is 11.5. The predicted octanol–water partition coefficient (Wildman–Crippen LogP) is 4.98. The molecule has 0 saturated carbocycles. The highest BCUT2D eigenvalue weighted by Crippen LogP contribution is 2.29. The summed E-state index contributed by atoms with van der Waals surface area (Å²) < 4.78 is 0.690. The zero-order valence-corrected chi connectivity index (χ0v) is 14.6. The second-order valence-corrected chi connectivity index (χ2v) is 6.28. The van der Waals surface area contributed by atoms with E-state index >= 15 is 0 Å². The highest BCUT2D eigenvalue weighted by Gasteiger charge is 2.21. The topological polar surface area (TPSA) is 33.2 Å². The van der Waals surface area contributed by atoms with Crippen LogP contribution in [0.25, 0.3) is 0 Å². The fourth-order valence-electron chi connectivity index (χ4n) is 1.93. The van der Waals surface area contributed by atoms with Crippen LogP contribution in [0.5, 0.6) is 0 Å². The van der Waals surface area contributed by atoms with Crippen molar-refractivity contribution >= 4 is 45.0 Å². The van der Waals surface area contributed by atoms with Crippen molar-refractivity contribution < 1.29 is 4.79 Å². The highest BCUT2D eigenvalue weighted by atomic mass is 79.9. The Morgan fingerprint density at radius 3 is 2.57 bits per heavy atom. The van der Waals surface area contributed by atoms with Crippen molar-refractivity contribution in [1.29, 1.82) is 0 Å². The Balaban J connectivity index is 2.24. The maximum Gasteiger partial charge on any atom is 0.255 e. The molecule has 0 aliphatic carbocycles. The van der Waals surface area contributed by atoms with Crippen molar-refractivity contribution in [3.63, 3.8) is 0 Å². The van der Waals surface area contributed by atoms with E-state index in [9.17, 15) is 4.79 Å². The van der Waals surface area contributed by atoms with Gasteiger partial charge in [-0.25, -0.2) is 4.98 Å². The van der Waals surface area contributed by atoms with Gasteiger partial charge in [-0.15, -0.1) is 0 Å². The fraction of sp³-hybridized carbons (Fsp3) is 0.200.